The maximum Gasteiger partial charge on any atom is 0.204 e. The van der Waals surface area contributed by atoms with Crippen LogP contribution in [0.5, 0.6) is 0 Å². The first kappa shape index (κ1) is 14.0. The molecule has 0 bridgehead atoms. The molecule has 4 heteroatoms. The molecule has 0 saturated carbocycles. The first-order valence-corrected chi connectivity index (χ1v) is 6.55. The van der Waals surface area contributed by atoms with Crippen LogP contribution in [0.4, 0.5) is 0 Å². The molecule has 1 unspecified atom stereocenters. The Bertz CT molecular complexity index is 449. The molecule has 2 rings (SSSR count). The van der Waals surface area contributed by atoms with Crippen LogP contribution < -0.4 is 0 Å². The molecule has 104 valence electrons. The van der Waals surface area contributed by atoms with Crippen LogP contribution in [0.3, 0.4) is 0 Å². The van der Waals surface area contributed by atoms with Crippen LogP contribution in [0.15, 0.2) is 24.0 Å². The summed E-state index contributed by atoms with van der Waals surface area (Å²) in [4.78, 5) is 24.8. The normalized spacial score (nSPS) is 33.9. The fourth-order valence-electron chi connectivity index (χ4n) is 3.17. The predicted octanol–water partition coefficient (Wildman–Crippen LogP) is 1.90. The van der Waals surface area contributed by atoms with E-state index in [2.05, 4.69) is 0 Å². The van der Waals surface area contributed by atoms with Crippen molar-refractivity contribution in [3.8, 4) is 0 Å². The molecule has 0 saturated heterocycles. The fraction of sp³-hybridized carbons (Fsp3) is 0.600. The second-order valence-corrected chi connectivity index (χ2v) is 5.33. The van der Waals surface area contributed by atoms with E-state index in [-0.39, 0.29) is 29.2 Å². The van der Waals surface area contributed by atoms with E-state index < -0.39 is 5.41 Å². The molecule has 0 aromatic carbocycles. The lowest BCUT2D eigenvalue weighted by atomic mass is 9.57. The summed E-state index contributed by atoms with van der Waals surface area (Å²) in [5, 5.41) is 0. The number of hydrogen-bond acceptors (Lipinski definition) is 4. The number of carbonyl (C=O) groups is 2. The third kappa shape index (κ3) is 2.14. The highest BCUT2D eigenvalue weighted by molar-refractivity contribution is 6.11. The van der Waals surface area contributed by atoms with E-state index in [0.717, 1.165) is 6.42 Å². The van der Waals surface area contributed by atoms with Gasteiger partial charge in [-0.1, -0.05) is 19.1 Å². The Balaban J connectivity index is 2.39. The second kappa shape index (κ2) is 5.29. The molecule has 0 aromatic heterocycles. The van der Waals surface area contributed by atoms with Gasteiger partial charge < -0.3 is 9.47 Å². The van der Waals surface area contributed by atoms with Gasteiger partial charge in [-0.05, 0) is 18.8 Å². The van der Waals surface area contributed by atoms with E-state index in [9.17, 15) is 9.59 Å². The molecule has 19 heavy (non-hydrogen) atoms. The summed E-state index contributed by atoms with van der Waals surface area (Å²) in [6.07, 6.45) is 6.75. The minimum absolute atomic E-state index is 0.00860. The molecule has 0 fully saturated rings. The van der Waals surface area contributed by atoms with Gasteiger partial charge in [-0.15, -0.1) is 0 Å². The van der Waals surface area contributed by atoms with Crippen molar-refractivity contribution < 1.29 is 19.1 Å². The van der Waals surface area contributed by atoms with Crippen molar-refractivity contribution in [2.24, 2.45) is 17.3 Å². The van der Waals surface area contributed by atoms with E-state index in [1.165, 1.54) is 13.2 Å². The Morgan fingerprint density at radius 1 is 1.37 bits per heavy atom. The number of fused-ring (bicyclic) bond motifs is 1. The van der Waals surface area contributed by atoms with Gasteiger partial charge in [-0.2, -0.15) is 0 Å². The maximum atomic E-state index is 12.6. The molecule has 0 amide bonds. The monoisotopic (exact) mass is 264 g/mol. The molecule has 0 aliphatic heterocycles. The van der Waals surface area contributed by atoms with Crippen LogP contribution in [0.2, 0.25) is 0 Å². The zero-order valence-electron chi connectivity index (χ0n) is 11.6. The molecular formula is C15H20O4. The minimum atomic E-state index is -0.704. The van der Waals surface area contributed by atoms with Crippen LogP contribution >= 0.6 is 0 Å². The van der Waals surface area contributed by atoms with Crippen LogP contribution in [0.1, 0.15) is 19.8 Å². The van der Waals surface area contributed by atoms with Gasteiger partial charge in [0.15, 0.2) is 11.5 Å². The van der Waals surface area contributed by atoms with Gasteiger partial charge in [-0.25, -0.2) is 0 Å². The number of methoxy groups -OCH3 is 2. The van der Waals surface area contributed by atoms with Crippen LogP contribution in [-0.4, -0.2) is 32.4 Å². The Labute approximate surface area is 113 Å². The summed E-state index contributed by atoms with van der Waals surface area (Å²) in [6, 6.07) is 0. The summed E-state index contributed by atoms with van der Waals surface area (Å²) < 4.78 is 10.2. The summed E-state index contributed by atoms with van der Waals surface area (Å²) in [6.45, 7) is 2.46. The molecule has 0 radical (unpaired) electrons. The van der Waals surface area contributed by atoms with Crippen molar-refractivity contribution in [1.82, 2.24) is 0 Å². The van der Waals surface area contributed by atoms with E-state index in [1.807, 2.05) is 19.1 Å². The van der Waals surface area contributed by atoms with Crippen LogP contribution in [0.25, 0.3) is 0 Å². The van der Waals surface area contributed by atoms with Crippen molar-refractivity contribution in [3.63, 3.8) is 0 Å². The van der Waals surface area contributed by atoms with Crippen LogP contribution in [0, 0.1) is 17.3 Å². The Hall–Kier alpha value is -1.42. The van der Waals surface area contributed by atoms with Gasteiger partial charge in [0.25, 0.3) is 0 Å². The molecule has 4 nitrogen and oxygen atoms in total. The minimum Gasteiger partial charge on any atom is -0.493 e. The fourth-order valence-corrected chi connectivity index (χ4v) is 3.17. The quantitative estimate of drug-likeness (QED) is 0.728. The average molecular weight is 264 g/mol. The summed E-state index contributed by atoms with van der Waals surface area (Å²) in [5.74, 6) is -0.149. The number of hydrogen-bond donors (Lipinski definition) is 0. The lowest BCUT2D eigenvalue weighted by Crippen LogP contribution is -2.50. The maximum absolute atomic E-state index is 12.6. The first-order chi connectivity index (χ1) is 9.05. The average Bonchev–Trinajstić information content (AvgIpc) is 2.41. The van der Waals surface area contributed by atoms with Gasteiger partial charge in [0.2, 0.25) is 5.78 Å². The first-order valence-electron chi connectivity index (χ1n) is 6.55. The van der Waals surface area contributed by atoms with Crippen LogP contribution in [-0.2, 0) is 19.1 Å². The number of Topliss-reactive ketones (excluding diaryl/α,β-unsaturated/α-hetero) is 1. The second-order valence-electron chi connectivity index (χ2n) is 5.33. The summed E-state index contributed by atoms with van der Waals surface area (Å²) in [7, 11) is 3.07. The molecule has 0 heterocycles. The van der Waals surface area contributed by atoms with E-state index in [1.54, 1.807) is 7.11 Å². The highest BCUT2D eigenvalue weighted by atomic mass is 16.5. The van der Waals surface area contributed by atoms with Crippen molar-refractivity contribution in [1.29, 1.82) is 0 Å². The summed E-state index contributed by atoms with van der Waals surface area (Å²) in [5.41, 5.74) is -0.704. The summed E-state index contributed by atoms with van der Waals surface area (Å²) >= 11 is 0. The Morgan fingerprint density at radius 2 is 2.11 bits per heavy atom. The number of carbonyl (C=O) groups excluding carboxylic acids is 2. The van der Waals surface area contributed by atoms with Crippen molar-refractivity contribution in [2.45, 2.75) is 19.8 Å². The smallest absolute Gasteiger partial charge is 0.204 e. The third-order valence-corrected chi connectivity index (χ3v) is 4.42. The lowest BCUT2D eigenvalue weighted by Gasteiger charge is -2.44. The highest BCUT2D eigenvalue weighted by Crippen LogP contribution is 2.48. The Kier molecular flexibility index (Phi) is 3.90. The molecule has 3 atom stereocenters. The lowest BCUT2D eigenvalue weighted by molar-refractivity contribution is -0.142. The number of ketones is 2. The highest BCUT2D eigenvalue weighted by Gasteiger charge is 2.53. The van der Waals surface area contributed by atoms with E-state index in [0.29, 0.717) is 13.0 Å². The van der Waals surface area contributed by atoms with Gasteiger partial charge in [0.1, 0.15) is 0 Å². The standard InChI is InChI=1S/C15H20O4/c1-15-10(7-8-18-2)5-4-6-11(15)12(16)9-13(19-3)14(15)17/h4-5,9-11H,6-8H2,1-3H3/t10-,11?,15+/m0/s1. The van der Waals surface area contributed by atoms with E-state index in [4.69, 9.17) is 9.47 Å². The molecule has 0 spiro atoms. The molecule has 0 aromatic rings. The van der Waals surface area contributed by atoms with Crippen molar-refractivity contribution >= 4 is 11.6 Å². The molecular weight excluding hydrogens is 244 g/mol. The number of allylic oxidation sites excluding steroid dienone is 4. The number of rotatable bonds is 4. The molecule has 2 aliphatic rings. The van der Waals surface area contributed by atoms with Gasteiger partial charge >= 0.3 is 0 Å². The van der Waals surface area contributed by atoms with Crippen molar-refractivity contribution in [3.05, 3.63) is 24.0 Å². The third-order valence-electron chi connectivity index (χ3n) is 4.42. The number of ether oxygens (including phenoxy) is 2. The van der Waals surface area contributed by atoms with Gasteiger partial charge in [0.05, 0.1) is 12.5 Å². The van der Waals surface area contributed by atoms with Crippen molar-refractivity contribution in [2.75, 3.05) is 20.8 Å². The molecule has 2 aliphatic carbocycles. The Morgan fingerprint density at radius 3 is 2.74 bits per heavy atom. The van der Waals surface area contributed by atoms with E-state index >= 15 is 0 Å². The largest absolute Gasteiger partial charge is 0.493 e. The van der Waals surface area contributed by atoms with Gasteiger partial charge in [-0.3, -0.25) is 9.59 Å². The zero-order valence-corrected chi connectivity index (χ0v) is 11.6. The SMILES string of the molecule is COCC[C@@H]1C=CCC2C(=O)C=C(OC)C(=O)[C@@]21C. The van der Waals surface area contributed by atoms with Gasteiger partial charge in [0, 0.05) is 25.7 Å². The predicted molar refractivity (Wildman–Crippen MR) is 70.4 cm³/mol. The molecule has 0 N–H and O–H groups in total. The zero-order chi connectivity index (χ0) is 14.0. The topological polar surface area (TPSA) is 52.6 Å².